The Balaban J connectivity index is 1.47. The van der Waals surface area contributed by atoms with E-state index in [-0.39, 0.29) is 11.5 Å². The highest BCUT2D eigenvalue weighted by Crippen LogP contribution is 2.44. The monoisotopic (exact) mass is 461 g/mol. The Morgan fingerprint density at radius 2 is 1.84 bits per heavy atom. The van der Waals surface area contributed by atoms with Crippen LogP contribution < -0.4 is 10.9 Å². The van der Waals surface area contributed by atoms with Crippen molar-refractivity contribution >= 4 is 39.2 Å². The van der Waals surface area contributed by atoms with Crippen LogP contribution >= 0.6 is 23.1 Å². The molecule has 2 heterocycles. The van der Waals surface area contributed by atoms with Crippen molar-refractivity contribution in [2.24, 2.45) is 0 Å². The molecule has 1 amide bonds. The molecule has 0 aliphatic heterocycles. The smallest absolute Gasteiger partial charge is 0.267 e. The number of carbonyl (C=O) groups excluding carboxylic acids is 1. The predicted molar refractivity (Wildman–Crippen MR) is 131 cm³/mol. The van der Waals surface area contributed by atoms with E-state index in [4.69, 9.17) is 4.98 Å². The van der Waals surface area contributed by atoms with Gasteiger partial charge in [0.15, 0.2) is 5.16 Å². The molecule has 5 nitrogen and oxygen atoms in total. The van der Waals surface area contributed by atoms with E-state index < -0.39 is 5.25 Å². The Labute approximate surface area is 194 Å². The van der Waals surface area contributed by atoms with Crippen LogP contribution in [-0.2, 0) is 11.3 Å². The topological polar surface area (TPSA) is 64.0 Å². The molecule has 0 radical (unpaired) electrons. The molecule has 4 aromatic rings. The molecule has 1 unspecified atom stereocenters. The van der Waals surface area contributed by atoms with Crippen molar-refractivity contribution in [1.29, 1.82) is 0 Å². The number of thioether (sulfide) groups is 1. The summed E-state index contributed by atoms with van der Waals surface area (Å²) in [5.74, 6) is 0.390. The number of rotatable bonds is 7. The fourth-order valence-corrected chi connectivity index (χ4v) is 5.73. The lowest BCUT2D eigenvalue weighted by Gasteiger charge is -2.16. The summed E-state index contributed by atoms with van der Waals surface area (Å²) >= 11 is 2.84. The fourth-order valence-electron chi connectivity index (χ4n) is 3.71. The third-order valence-corrected chi connectivity index (χ3v) is 7.54. The highest BCUT2D eigenvalue weighted by Gasteiger charge is 2.29. The lowest BCUT2D eigenvalue weighted by molar-refractivity contribution is -0.120. The minimum atomic E-state index is -0.402. The van der Waals surface area contributed by atoms with E-state index >= 15 is 0 Å². The molecular formula is C25H23N3O2S2. The van der Waals surface area contributed by atoms with Crippen molar-refractivity contribution in [1.82, 2.24) is 14.9 Å². The van der Waals surface area contributed by atoms with Crippen molar-refractivity contribution in [2.75, 3.05) is 0 Å². The maximum absolute atomic E-state index is 13.6. The number of hydrogen-bond donors (Lipinski definition) is 1. The summed E-state index contributed by atoms with van der Waals surface area (Å²) in [4.78, 5) is 32.0. The van der Waals surface area contributed by atoms with Crippen molar-refractivity contribution in [3.05, 3.63) is 87.5 Å². The van der Waals surface area contributed by atoms with Gasteiger partial charge in [-0.3, -0.25) is 14.2 Å². The number of nitrogens with zero attached hydrogens (tertiary/aromatic N) is 2. The minimum Gasteiger partial charge on any atom is -0.351 e. The van der Waals surface area contributed by atoms with E-state index in [0.717, 1.165) is 39.9 Å². The number of amides is 1. The summed E-state index contributed by atoms with van der Waals surface area (Å²) in [6.07, 6.45) is 2.26. The lowest BCUT2D eigenvalue weighted by Crippen LogP contribution is -2.31. The summed E-state index contributed by atoms with van der Waals surface area (Å²) in [7, 11) is 0. The molecule has 1 atom stereocenters. The first-order chi connectivity index (χ1) is 15.6. The molecule has 0 spiro atoms. The molecule has 32 heavy (non-hydrogen) atoms. The Hall–Kier alpha value is -2.90. The van der Waals surface area contributed by atoms with Gasteiger partial charge in [0.05, 0.1) is 16.3 Å². The van der Waals surface area contributed by atoms with Gasteiger partial charge in [0.2, 0.25) is 5.91 Å². The van der Waals surface area contributed by atoms with E-state index in [1.165, 1.54) is 23.1 Å². The lowest BCUT2D eigenvalue weighted by atomic mass is 10.1. The van der Waals surface area contributed by atoms with Crippen molar-refractivity contribution in [3.8, 4) is 5.69 Å². The van der Waals surface area contributed by atoms with Crippen molar-refractivity contribution in [3.63, 3.8) is 0 Å². The normalized spacial score (nSPS) is 14.4. The van der Waals surface area contributed by atoms with E-state index in [1.54, 1.807) is 4.57 Å². The Kier molecular flexibility index (Phi) is 5.85. The number of carbonyl (C=O) groups is 1. The number of hydrogen-bond acceptors (Lipinski definition) is 5. The molecule has 162 valence electrons. The SMILES string of the molecule is CC(Sc1nc2scc(C3CC3)c2c(=O)n1-c1ccccc1)C(=O)NCc1ccccc1. The van der Waals surface area contributed by atoms with Crippen LogP contribution in [0.1, 0.15) is 36.8 Å². The van der Waals surface area contributed by atoms with Gasteiger partial charge in [0.1, 0.15) is 4.83 Å². The molecule has 0 saturated heterocycles. The molecule has 7 heteroatoms. The van der Waals surface area contributed by atoms with Gasteiger partial charge in [0, 0.05) is 6.54 Å². The summed E-state index contributed by atoms with van der Waals surface area (Å²) in [5.41, 5.74) is 2.88. The molecule has 1 aliphatic rings. The van der Waals surface area contributed by atoms with Gasteiger partial charge >= 0.3 is 0 Å². The van der Waals surface area contributed by atoms with Gasteiger partial charge < -0.3 is 5.32 Å². The zero-order chi connectivity index (χ0) is 22.1. The van der Waals surface area contributed by atoms with Crippen LogP contribution in [0.3, 0.4) is 0 Å². The van der Waals surface area contributed by atoms with Crippen LogP contribution in [0, 0.1) is 0 Å². The molecule has 2 aromatic carbocycles. The first kappa shape index (κ1) is 21.0. The Morgan fingerprint density at radius 1 is 1.16 bits per heavy atom. The van der Waals surface area contributed by atoms with Gasteiger partial charge in [0.25, 0.3) is 5.56 Å². The van der Waals surface area contributed by atoms with Crippen LogP contribution in [0.15, 0.2) is 76.0 Å². The number of para-hydroxylation sites is 1. The number of benzene rings is 2. The average molecular weight is 462 g/mol. The highest BCUT2D eigenvalue weighted by atomic mass is 32.2. The fraction of sp³-hybridized carbons (Fsp3) is 0.240. The van der Waals surface area contributed by atoms with Crippen LogP contribution in [0.4, 0.5) is 0 Å². The standard InChI is InChI=1S/C25H23N3O2S2/c1-16(22(29)26-14-17-8-4-2-5-9-17)32-25-27-23-21(20(15-31-23)18-12-13-18)24(30)28(25)19-10-6-3-7-11-19/h2-11,15-16,18H,12-14H2,1H3,(H,26,29). The second-order valence-electron chi connectivity index (χ2n) is 7.98. The number of nitrogens with one attached hydrogen (secondary N) is 1. The second kappa shape index (κ2) is 8.92. The highest BCUT2D eigenvalue weighted by molar-refractivity contribution is 8.00. The van der Waals surface area contributed by atoms with Crippen LogP contribution in [0.2, 0.25) is 0 Å². The van der Waals surface area contributed by atoms with Crippen molar-refractivity contribution < 1.29 is 4.79 Å². The third-order valence-electron chi connectivity index (χ3n) is 5.60. The zero-order valence-corrected chi connectivity index (χ0v) is 19.3. The number of aromatic nitrogens is 2. The van der Waals surface area contributed by atoms with Crippen LogP contribution in [0.5, 0.6) is 0 Å². The first-order valence-electron chi connectivity index (χ1n) is 10.7. The Morgan fingerprint density at radius 3 is 2.53 bits per heavy atom. The van der Waals surface area contributed by atoms with E-state index in [9.17, 15) is 9.59 Å². The van der Waals surface area contributed by atoms with E-state index in [1.807, 2.05) is 67.6 Å². The van der Waals surface area contributed by atoms with Crippen LogP contribution in [0.25, 0.3) is 15.9 Å². The van der Waals surface area contributed by atoms with Gasteiger partial charge in [-0.25, -0.2) is 4.98 Å². The molecule has 2 aromatic heterocycles. The number of fused-ring (bicyclic) bond motifs is 1. The summed E-state index contributed by atoms with van der Waals surface area (Å²) in [5, 5.41) is 5.93. The predicted octanol–water partition coefficient (Wildman–Crippen LogP) is 5.12. The first-order valence-corrected chi connectivity index (χ1v) is 12.5. The summed E-state index contributed by atoms with van der Waals surface area (Å²) < 4.78 is 1.66. The van der Waals surface area contributed by atoms with Gasteiger partial charge in [-0.15, -0.1) is 11.3 Å². The van der Waals surface area contributed by atoms with E-state index in [2.05, 4.69) is 10.7 Å². The molecule has 1 N–H and O–H groups in total. The molecular weight excluding hydrogens is 438 g/mol. The summed E-state index contributed by atoms with van der Waals surface area (Å²) in [6.45, 7) is 2.32. The maximum atomic E-state index is 13.6. The Bertz CT molecular complexity index is 1310. The van der Waals surface area contributed by atoms with Crippen LogP contribution in [-0.4, -0.2) is 20.7 Å². The third kappa shape index (κ3) is 4.23. The largest absolute Gasteiger partial charge is 0.351 e. The van der Waals surface area contributed by atoms with Crippen molar-refractivity contribution in [2.45, 2.75) is 42.6 Å². The minimum absolute atomic E-state index is 0.0521. The van der Waals surface area contributed by atoms with Gasteiger partial charge in [-0.1, -0.05) is 60.3 Å². The quantitative estimate of drug-likeness (QED) is 0.306. The number of thiophene rings is 1. The summed E-state index contributed by atoms with van der Waals surface area (Å²) in [6, 6.07) is 19.4. The molecule has 1 saturated carbocycles. The van der Waals surface area contributed by atoms with Gasteiger partial charge in [-0.05, 0) is 54.3 Å². The van der Waals surface area contributed by atoms with Gasteiger partial charge in [-0.2, -0.15) is 0 Å². The van der Waals surface area contributed by atoms with E-state index in [0.29, 0.717) is 17.6 Å². The molecule has 0 bridgehead atoms. The zero-order valence-electron chi connectivity index (χ0n) is 17.7. The molecule has 1 fully saturated rings. The molecule has 1 aliphatic carbocycles. The maximum Gasteiger partial charge on any atom is 0.267 e. The average Bonchev–Trinajstić information content (AvgIpc) is 3.58. The second-order valence-corrected chi connectivity index (χ2v) is 10.1. The molecule has 5 rings (SSSR count).